The van der Waals surface area contributed by atoms with Crippen molar-refractivity contribution in [3.05, 3.63) is 30.3 Å². The van der Waals surface area contributed by atoms with Crippen LogP contribution in [0, 0.1) is 0 Å². The summed E-state index contributed by atoms with van der Waals surface area (Å²) in [5, 5.41) is 22.6. The van der Waals surface area contributed by atoms with Crippen molar-refractivity contribution >= 4 is 29.4 Å². The van der Waals surface area contributed by atoms with Crippen molar-refractivity contribution < 1.29 is 29.5 Å². The zero-order valence-corrected chi connectivity index (χ0v) is 14.9. The predicted molar refractivity (Wildman–Crippen MR) is 96.9 cm³/mol. The Hall–Kier alpha value is -2.94. The van der Waals surface area contributed by atoms with E-state index in [1.54, 1.807) is 12.1 Å². The van der Waals surface area contributed by atoms with Crippen LogP contribution in [0.1, 0.15) is 44.9 Å². The first-order valence-corrected chi connectivity index (χ1v) is 8.72. The van der Waals surface area contributed by atoms with Crippen LogP contribution in [0.5, 0.6) is 0 Å². The molecule has 3 amide bonds. The largest absolute Gasteiger partial charge is 0.480 e. The molecule has 27 heavy (non-hydrogen) atoms. The summed E-state index contributed by atoms with van der Waals surface area (Å²) >= 11 is 0. The maximum Gasteiger partial charge on any atom is 0.326 e. The summed E-state index contributed by atoms with van der Waals surface area (Å²) < 4.78 is 0. The SMILES string of the molecule is O=C(CCCC(NC(=O)CCCCC(=O)Nc1ccccc1)C(=O)O)NO. The molecule has 1 unspecified atom stereocenters. The molecule has 9 nitrogen and oxygen atoms in total. The number of hydrogen-bond acceptors (Lipinski definition) is 5. The van der Waals surface area contributed by atoms with E-state index in [1.807, 2.05) is 18.2 Å². The molecular formula is C18H25N3O6. The minimum absolute atomic E-state index is 0.0350. The number of carbonyl (C=O) groups excluding carboxylic acids is 3. The number of para-hydroxylation sites is 1. The summed E-state index contributed by atoms with van der Waals surface area (Å²) in [5.41, 5.74) is 2.17. The molecule has 0 spiro atoms. The Balaban J connectivity index is 2.22. The van der Waals surface area contributed by atoms with Crippen LogP contribution in [0.3, 0.4) is 0 Å². The molecular weight excluding hydrogens is 354 g/mol. The number of nitrogens with one attached hydrogen (secondary N) is 3. The molecule has 0 radical (unpaired) electrons. The second-order valence-corrected chi connectivity index (χ2v) is 6.01. The molecule has 9 heteroatoms. The van der Waals surface area contributed by atoms with Gasteiger partial charge in [0.05, 0.1) is 0 Å². The highest BCUT2D eigenvalue weighted by Crippen LogP contribution is 2.08. The quantitative estimate of drug-likeness (QED) is 0.211. The number of aliphatic carboxylic acids is 1. The molecule has 0 bridgehead atoms. The first kappa shape index (κ1) is 22.1. The molecule has 0 saturated carbocycles. The van der Waals surface area contributed by atoms with Gasteiger partial charge in [-0.15, -0.1) is 0 Å². The summed E-state index contributed by atoms with van der Waals surface area (Å²) in [6.07, 6.45) is 1.58. The molecule has 1 aromatic rings. The lowest BCUT2D eigenvalue weighted by molar-refractivity contribution is -0.142. The second-order valence-electron chi connectivity index (χ2n) is 6.01. The van der Waals surface area contributed by atoms with Crippen molar-refractivity contribution in [1.29, 1.82) is 0 Å². The van der Waals surface area contributed by atoms with Crippen molar-refractivity contribution in [2.24, 2.45) is 0 Å². The average molecular weight is 379 g/mol. The van der Waals surface area contributed by atoms with E-state index in [2.05, 4.69) is 10.6 Å². The lowest BCUT2D eigenvalue weighted by Gasteiger charge is -2.14. The van der Waals surface area contributed by atoms with Gasteiger partial charge in [0.15, 0.2) is 0 Å². The van der Waals surface area contributed by atoms with Crippen molar-refractivity contribution in [3.8, 4) is 0 Å². The molecule has 1 aromatic carbocycles. The Labute approximate surface area is 157 Å². The van der Waals surface area contributed by atoms with Gasteiger partial charge in [0, 0.05) is 24.9 Å². The third-order valence-electron chi connectivity index (χ3n) is 3.77. The summed E-state index contributed by atoms with van der Waals surface area (Å²) in [7, 11) is 0. The Morgan fingerprint density at radius 1 is 0.852 bits per heavy atom. The molecule has 148 valence electrons. The normalized spacial score (nSPS) is 11.3. The Morgan fingerprint density at radius 3 is 2.04 bits per heavy atom. The van der Waals surface area contributed by atoms with Crippen LogP contribution < -0.4 is 16.1 Å². The zero-order chi connectivity index (χ0) is 20.1. The van der Waals surface area contributed by atoms with E-state index in [-0.39, 0.29) is 38.0 Å². The Morgan fingerprint density at radius 2 is 1.44 bits per heavy atom. The highest BCUT2D eigenvalue weighted by atomic mass is 16.5. The number of benzene rings is 1. The molecule has 0 saturated heterocycles. The zero-order valence-electron chi connectivity index (χ0n) is 14.9. The third kappa shape index (κ3) is 9.95. The van der Waals surface area contributed by atoms with Crippen LogP contribution >= 0.6 is 0 Å². The summed E-state index contributed by atoms with van der Waals surface area (Å²) in [4.78, 5) is 45.7. The lowest BCUT2D eigenvalue weighted by atomic mass is 10.1. The fourth-order valence-corrected chi connectivity index (χ4v) is 2.36. The maximum atomic E-state index is 11.9. The van der Waals surface area contributed by atoms with Crippen LogP contribution in [0.4, 0.5) is 5.69 Å². The number of carbonyl (C=O) groups is 4. The van der Waals surface area contributed by atoms with Gasteiger partial charge in [-0.25, -0.2) is 10.3 Å². The molecule has 0 aliphatic rings. The van der Waals surface area contributed by atoms with Gasteiger partial charge in [0.1, 0.15) is 6.04 Å². The van der Waals surface area contributed by atoms with Crippen LogP contribution in [0.2, 0.25) is 0 Å². The highest BCUT2D eigenvalue weighted by molar-refractivity contribution is 5.90. The number of hydrogen-bond donors (Lipinski definition) is 5. The van der Waals surface area contributed by atoms with Crippen LogP contribution in [0.15, 0.2) is 30.3 Å². The minimum Gasteiger partial charge on any atom is -0.480 e. The van der Waals surface area contributed by atoms with Crippen molar-refractivity contribution in [1.82, 2.24) is 10.8 Å². The summed E-state index contributed by atoms with van der Waals surface area (Å²) in [6, 6.07) is 7.94. The third-order valence-corrected chi connectivity index (χ3v) is 3.77. The van der Waals surface area contributed by atoms with Gasteiger partial charge in [0.25, 0.3) is 0 Å². The molecule has 0 aliphatic carbocycles. The molecule has 0 aliphatic heterocycles. The number of unbranched alkanes of at least 4 members (excludes halogenated alkanes) is 1. The number of hydroxylamine groups is 1. The van der Waals surface area contributed by atoms with Gasteiger partial charge in [-0.2, -0.15) is 0 Å². The van der Waals surface area contributed by atoms with Gasteiger partial charge >= 0.3 is 5.97 Å². The van der Waals surface area contributed by atoms with E-state index in [1.165, 1.54) is 5.48 Å². The monoisotopic (exact) mass is 379 g/mol. The standard InChI is InChI=1S/C18H25N3O6/c22-15(19-13-7-2-1-3-8-13)10-4-5-11-16(23)20-14(18(25)26)9-6-12-17(24)21-27/h1-3,7-8,14,27H,4-6,9-12H2,(H,19,22)(H,20,23)(H,21,24)(H,25,26). The Kier molecular flexibility index (Phi) is 10.2. The van der Waals surface area contributed by atoms with E-state index < -0.39 is 23.8 Å². The fourth-order valence-electron chi connectivity index (χ4n) is 2.36. The molecule has 0 heterocycles. The van der Waals surface area contributed by atoms with E-state index in [4.69, 9.17) is 10.3 Å². The van der Waals surface area contributed by atoms with Gasteiger partial charge in [-0.05, 0) is 37.8 Å². The average Bonchev–Trinajstić information content (AvgIpc) is 2.65. The van der Waals surface area contributed by atoms with Crippen molar-refractivity contribution in [2.75, 3.05) is 5.32 Å². The number of rotatable bonds is 12. The van der Waals surface area contributed by atoms with E-state index in [9.17, 15) is 19.2 Å². The lowest BCUT2D eigenvalue weighted by Crippen LogP contribution is -2.40. The number of carboxylic acids is 1. The molecule has 1 atom stereocenters. The molecule has 0 aromatic heterocycles. The maximum absolute atomic E-state index is 11.9. The summed E-state index contributed by atoms with van der Waals surface area (Å²) in [6.45, 7) is 0. The summed E-state index contributed by atoms with van der Waals surface area (Å²) in [5.74, 6) is -2.36. The molecule has 5 N–H and O–H groups in total. The van der Waals surface area contributed by atoms with E-state index in [0.717, 1.165) is 0 Å². The highest BCUT2D eigenvalue weighted by Gasteiger charge is 2.19. The molecule has 1 rings (SSSR count). The predicted octanol–water partition coefficient (Wildman–Crippen LogP) is 1.43. The molecule has 0 fully saturated rings. The van der Waals surface area contributed by atoms with Gasteiger partial charge < -0.3 is 15.7 Å². The number of anilines is 1. The van der Waals surface area contributed by atoms with Crippen molar-refractivity contribution in [2.45, 2.75) is 51.0 Å². The second kappa shape index (κ2) is 12.4. The van der Waals surface area contributed by atoms with Gasteiger partial charge in [-0.3, -0.25) is 19.6 Å². The van der Waals surface area contributed by atoms with E-state index in [0.29, 0.717) is 18.5 Å². The van der Waals surface area contributed by atoms with Crippen LogP contribution in [0.25, 0.3) is 0 Å². The Bertz CT molecular complexity index is 635. The van der Waals surface area contributed by atoms with Crippen LogP contribution in [-0.2, 0) is 19.2 Å². The fraction of sp³-hybridized carbons (Fsp3) is 0.444. The van der Waals surface area contributed by atoms with E-state index >= 15 is 0 Å². The van der Waals surface area contributed by atoms with Crippen molar-refractivity contribution in [3.63, 3.8) is 0 Å². The smallest absolute Gasteiger partial charge is 0.326 e. The van der Waals surface area contributed by atoms with Crippen LogP contribution in [-0.4, -0.2) is 40.0 Å². The van der Waals surface area contributed by atoms with Gasteiger partial charge in [0.2, 0.25) is 17.7 Å². The van der Waals surface area contributed by atoms with Gasteiger partial charge in [-0.1, -0.05) is 18.2 Å². The number of amides is 3. The minimum atomic E-state index is -1.19. The topological polar surface area (TPSA) is 145 Å². The first-order valence-electron chi connectivity index (χ1n) is 8.72. The number of carboxylic acid groups (broad SMARTS) is 1. The first-order chi connectivity index (χ1) is 12.9.